The first kappa shape index (κ1) is 24.8. The van der Waals surface area contributed by atoms with Crippen molar-refractivity contribution in [3.8, 4) is 0 Å². The van der Waals surface area contributed by atoms with Crippen LogP contribution in [0.3, 0.4) is 0 Å². The van der Waals surface area contributed by atoms with Crippen molar-refractivity contribution >= 4 is 40.9 Å². The molecule has 2 aliphatic rings. The van der Waals surface area contributed by atoms with Gasteiger partial charge in [0.1, 0.15) is 6.04 Å². The Bertz CT molecular complexity index is 847. The number of nitrogens with zero attached hydrogens (tertiary/aromatic N) is 4. The second-order valence-electron chi connectivity index (χ2n) is 8.30. The minimum Gasteiger partial charge on any atom is -0.342 e. The summed E-state index contributed by atoms with van der Waals surface area (Å²) in [6.45, 7) is 8.89. The summed E-state index contributed by atoms with van der Waals surface area (Å²) >= 11 is 12.3. The van der Waals surface area contributed by atoms with Gasteiger partial charge in [-0.2, -0.15) is 0 Å². The Morgan fingerprint density at radius 1 is 1.00 bits per heavy atom. The van der Waals surface area contributed by atoms with Gasteiger partial charge >= 0.3 is 0 Å². The number of rotatable bonds is 6. The first-order valence-electron chi connectivity index (χ1n) is 11.4. The van der Waals surface area contributed by atoms with Crippen LogP contribution >= 0.6 is 23.2 Å². The fourth-order valence-electron chi connectivity index (χ4n) is 4.51. The largest absolute Gasteiger partial charge is 0.342 e. The first-order chi connectivity index (χ1) is 15.3. The summed E-state index contributed by atoms with van der Waals surface area (Å²) < 4.78 is 0. The lowest BCUT2D eigenvalue weighted by Gasteiger charge is -2.30. The Hall–Kier alpha value is -1.83. The molecule has 0 aliphatic carbocycles. The zero-order chi connectivity index (χ0) is 23.3. The maximum atomic E-state index is 13.4. The summed E-state index contributed by atoms with van der Waals surface area (Å²) in [5.41, 5.74) is 0.329. The quantitative estimate of drug-likeness (QED) is 0.624. The Labute approximate surface area is 200 Å². The molecule has 0 radical (unpaired) electrons. The molecule has 2 fully saturated rings. The third kappa shape index (κ3) is 5.74. The summed E-state index contributed by atoms with van der Waals surface area (Å²) in [5.74, 6) is -0.152. The maximum absolute atomic E-state index is 13.4. The lowest BCUT2D eigenvalue weighted by Crippen LogP contribution is -2.49. The molecule has 0 aromatic heterocycles. The minimum absolute atomic E-state index is 0.0223. The molecule has 0 N–H and O–H groups in total. The first-order valence-corrected chi connectivity index (χ1v) is 12.2. The Morgan fingerprint density at radius 2 is 1.75 bits per heavy atom. The van der Waals surface area contributed by atoms with Crippen LogP contribution in [0, 0.1) is 0 Å². The zero-order valence-electron chi connectivity index (χ0n) is 18.9. The van der Waals surface area contributed by atoms with Gasteiger partial charge in [-0.3, -0.25) is 19.3 Å². The summed E-state index contributed by atoms with van der Waals surface area (Å²) in [5, 5.41) is 0.771. The van der Waals surface area contributed by atoms with Crippen LogP contribution in [0.15, 0.2) is 18.2 Å². The van der Waals surface area contributed by atoms with Gasteiger partial charge in [0.25, 0.3) is 5.91 Å². The van der Waals surface area contributed by atoms with Gasteiger partial charge in [0.15, 0.2) is 0 Å². The van der Waals surface area contributed by atoms with Gasteiger partial charge in [0.05, 0.1) is 17.1 Å². The van der Waals surface area contributed by atoms with Crippen molar-refractivity contribution in [2.24, 2.45) is 0 Å². The van der Waals surface area contributed by atoms with Gasteiger partial charge in [0.2, 0.25) is 11.8 Å². The van der Waals surface area contributed by atoms with Crippen LogP contribution in [-0.2, 0) is 9.59 Å². The Balaban J connectivity index is 1.63. The highest BCUT2D eigenvalue weighted by atomic mass is 35.5. The topological polar surface area (TPSA) is 64.2 Å². The molecule has 9 heteroatoms. The Kier molecular flexibility index (Phi) is 8.79. The third-order valence-corrected chi connectivity index (χ3v) is 6.90. The van der Waals surface area contributed by atoms with Gasteiger partial charge in [-0.25, -0.2) is 0 Å². The van der Waals surface area contributed by atoms with Crippen molar-refractivity contribution < 1.29 is 14.4 Å². The number of hydrogen-bond donors (Lipinski definition) is 0. The number of amides is 3. The number of likely N-dealkylation sites (tertiary alicyclic amines) is 1. The number of halogens is 2. The molecule has 1 aromatic rings. The van der Waals surface area contributed by atoms with Crippen molar-refractivity contribution in [1.82, 2.24) is 19.6 Å². The highest BCUT2D eigenvalue weighted by molar-refractivity contribution is 6.35. The molecule has 32 heavy (non-hydrogen) atoms. The van der Waals surface area contributed by atoms with Crippen LogP contribution in [0.5, 0.6) is 0 Å². The van der Waals surface area contributed by atoms with E-state index in [4.69, 9.17) is 23.2 Å². The highest BCUT2D eigenvalue weighted by Crippen LogP contribution is 2.27. The summed E-state index contributed by atoms with van der Waals surface area (Å²) in [6, 6.07) is 4.32. The minimum atomic E-state index is -0.485. The zero-order valence-corrected chi connectivity index (χ0v) is 20.4. The molecular weight excluding hydrogens is 451 g/mol. The fourth-order valence-corrected chi connectivity index (χ4v) is 4.88. The SMILES string of the molecule is CCN(CC)C(=O)CN1CCCN(C(=O)C2CCCN2C(=O)c2cc(Cl)ccc2Cl)CC1. The standard InChI is InChI=1S/C23H32Cl2N4O3/c1-3-27(4-2)21(30)16-26-10-6-11-28(14-13-26)23(32)20-7-5-12-29(20)22(31)18-15-17(24)8-9-19(18)25/h8-9,15,20H,3-7,10-14,16H2,1-2H3. The fraction of sp³-hybridized carbons (Fsp3) is 0.609. The molecule has 2 heterocycles. The van der Waals surface area contributed by atoms with Crippen molar-refractivity contribution in [3.63, 3.8) is 0 Å². The van der Waals surface area contributed by atoms with Gasteiger partial charge in [-0.1, -0.05) is 23.2 Å². The molecule has 1 unspecified atom stereocenters. The van der Waals surface area contributed by atoms with E-state index < -0.39 is 6.04 Å². The van der Waals surface area contributed by atoms with E-state index in [2.05, 4.69) is 4.90 Å². The predicted molar refractivity (Wildman–Crippen MR) is 126 cm³/mol. The van der Waals surface area contributed by atoms with Crippen LogP contribution < -0.4 is 0 Å². The monoisotopic (exact) mass is 482 g/mol. The smallest absolute Gasteiger partial charge is 0.256 e. The molecule has 7 nitrogen and oxygen atoms in total. The van der Waals surface area contributed by atoms with Crippen LogP contribution in [0.4, 0.5) is 0 Å². The molecule has 176 valence electrons. The summed E-state index contributed by atoms with van der Waals surface area (Å²) in [6.07, 6.45) is 2.22. The normalized spacial score (nSPS) is 19.7. The van der Waals surface area contributed by atoms with Crippen molar-refractivity contribution in [3.05, 3.63) is 33.8 Å². The van der Waals surface area contributed by atoms with Crippen LogP contribution in [-0.4, -0.2) is 95.7 Å². The molecule has 1 aromatic carbocycles. The molecule has 0 bridgehead atoms. The van der Waals surface area contributed by atoms with Gasteiger partial charge in [-0.05, 0) is 51.3 Å². The number of hydrogen-bond acceptors (Lipinski definition) is 4. The average Bonchev–Trinajstić information content (AvgIpc) is 3.15. The molecular formula is C23H32Cl2N4O3. The van der Waals surface area contributed by atoms with Gasteiger partial charge < -0.3 is 14.7 Å². The average molecular weight is 483 g/mol. The van der Waals surface area contributed by atoms with E-state index >= 15 is 0 Å². The van der Waals surface area contributed by atoms with E-state index in [9.17, 15) is 14.4 Å². The lowest BCUT2D eigenvalue weighted by molar-refractivity contribution is -0.135. The molecule has 1 atom stereocenters. The van der Waals surface area contributed by atoms with Gasteiger partial charge in [-0.15, -0.1) is 0 Å². The number of carbonyl (C=O) groups excluding carboxylic acids is 3. The molecule has 2 aliphatic heterocycles. The van der Waals surface area contributed by atoms with E-state index in [1.54, 1.807) is 23.1 Å². The number of carbonyl (C=O) groups is 3. The van der Waals surface area contributed by atoms with E-state index in [0.717, 1.165) is 19.4 Å². The second-order valence-corrected chi connectivity index (χ2v) is 9.15. The highest BCUT2D eigenvalue weighted by Gasteiger charge is 2.38. The van der Waals surface area contributed by atoms with Crippen molar-refractivity contribution in [2.45, 2.75) is 39.2 Å². The summed E-state index contributed by atoms with van der Waals surface area (Å²) in [4.78, 5) is 46.4. The van der Waals surface area contributed by atoms with E-state index in [1.807, 2.05) is 23.6 Å². The van der Waals surface area contributed by atoms with E-state index in [-0.39, 0.29) is 17.7 Å². The third-order valence-electron chi connectivity index (χ3n) is 6.33. The van der Waals surface area contributed by atoms with Crippen LogP contribution in [0.25, 0.3) is 0 Å². The summed E-state index contributed by atoms with van der Waals surface area (Å²) in [7, 11) is 0. The lowest BCUT2D eigenvalue weighted by atomic mass is 10.1. The molecule has 0 saturated carbocycles. The second kappa shape index (κ2) is 11.3. The maximum Gasteiger partial charge on any atom is 0.256 e. The number of benzene rings is 1. The predicted octanol–water partition coefficient (Wildman–Crippen LogP) is 3.00. The molecule has 3 rings (SSSR count). The molecule has 0 spiro atoms. The number of likely N-dealkylation sites (N-methyl/N-ethyl adjacent to an activating group) is 1. The van der Waals surface area contributed by atoms with Crippen LogP contribution in [0.2, 0.25) is 10.0 Å². The van der Waals surface area contributed by atoms with Crippen LogP contribution in [0.1, 0.15) is 43.5 Å². The van der Waals surface area contributed by atoms with Crippen molar-refractivity contribution in [1.29, 1.82) is 0 Å². The molecule has 3 amide bonds. The molecule has 2 saturated heterocycles. The Morgan fingerprint density at radius 3 is 2.47 bits per heavy atom. The van der Waals surface area contributed by atoms with E-state index in [0.29, 0.717) is 67.8 Å². The van der Waals surface area contributed by atoms with Crippen molar-refractivity contribution in [2.75, 3.05) is 52.4 Å². The van der Waals surface area contributed by atoms with Gasteiger partial charge in [0, 0.05) is 50.8 Å². The van der Waals surface area contributed by atoms with E-state index in [1.165, 1.54) is 0 Å².